The number of hydrogen-bond acceptors (Lipinski definition) is 3. The lowest BCUT2D eigenvalue weighted by Gasteiger charge is -2.25. The van der Waals surface area contributed by atoms with Gasteiger partial charge in [0.25, 0.3) is 0 Å². The molecular weight excluding hydrogens is 198 g/mol. The molecule has 16 heavy (non-hydrogen) atoms. The lowest BCUT2D eigenvalue weighted by atomic mass is 9.82. The van der Waals surface area contributed by atoms with Gasteiger partial charge in [-0.25, -0.2) is 9.97 Å². The van der Waals surface area contributed by atoms with Gasteiger partial charge in [0, 0.05) is 29.8 Å². The number of nitrogens with zero attached hydrogens (tertiary/aromatic N) is 2. The summed E-state index contributed by atoms with van der Waals surface area (Å²) < 4.78 is 0. The molecule has 1 unspecified atom stereocenters. The summed E-state index contributed by atoms with van der Waals surface area (Å²) in [6, 6.07) is 2.18. The fraction of sp³-hybridized carbons (Fsp3) is 0.692. The van der Waals surface area contributed by atoms with E-state index >= 15 is 0 Å². The highest BCUT2D eigenvalue weighted by atomic mass is 15.0. The van der Waals surface area contributed by atoms with E-state index in [0.717, 1.165) is 30.5 Å². The van der Waals surface area contributed by atoms with Crippen LogP contribution < -0.4 is 5.32 Å². The second kappa shape index (κ2) is 4.13. The molecule has 1 aromatic rings. The maximum absolute atomic E-state index is 4.79. The van der Waals surface area contributed by atoms with Gasteiger partial charge in [0.05, 0.1) is 0 Å². The summed E-state index contributed by atoms with van der Waals surface area (Å²) in [4.78, 5) is 9.39. The van der Waals surface area contributed by atoms with Crippen molar-refractivity contribution in [3.8, 4) is 0 Å². The van der Waals surface area contributed by atoms with E-state index in [1.54, 1.807) is 0 Å². The summed E-state index contributed by atoms with van der Waals surface area (Å²) in [6.45, 7) is 4.25. The lowest BCUT2D eigenvalue weighted by Crippen LogP contribution is -2.15. The van der Waals surface area contributed by atoms with Gasteiger partial charge in [0.2, 0.25) is 0 Å². The maximum Gasteiger partial charge on any atom is 0.133 e. The van der Waals surface area contributed by atoms with E-state index in [9.17, 15) is 0 Å². The molecule has 0 radical (unpaired) electrons. The predicted octanol–water partition coefficient (Wildman–Crippen LogP) is 2.13. The Kier molecular flexibility index (Phi) is 2.64. The third-order valence-corrected chi connectivity index (χ3v) is 3.84. The largest absolute Gasteiger partial charge is 0.316 e. The zero-order valence-corrected chi connectivity index (χ0v) is 9.87. The summed E-state index contributed by atoms with van der Waals surface area (Å²) in [6.07, 6.45) is 5.19. The summed E-state index contributed by atoms with van der Waals surface area (Å²) in [5, 5.41) is 3.39. The van der Waals surface area contributed by atoms with Crippen LogP contribution in [0.5, 0.6) is 0 Å². The van der Waals surface area contributed by atoms with E-state index in [0.29, 0.717) is 5.92 Å². The molecule has 2 heterocycles. The van der Waals surface area contributed by atoms with Gasteiger partial charge in [-0.2, -0.15) is 0 Å². The monoisotopic (exact) mass is 217 g/mol. The number of hydrogen-bond donors (Lipinski definition) is 1. The van der Waals surface area contributed by atoms with E-state index < -0.39 is 0 Å². The molecule has 1 aliphatic heterocycles. The van der Waals surface area contributed by atoms with Crippen LogP contribution in [0.2, 0.25) is 0 Å². The van der Waals surface area contributed by atoms with Crippen molar-refractivity contribution in [1.29, 1.82) is 0 Å². The molecule has 1 N–H and O–H groups in total. The van der Waals surface area contributed by atoms with Gasteiger partial charge in [-0.1, -0.05) is 6.42 Å². The summed E-state index contributed by atoms with van der Waals surface area (Å²) in [7, 11) is 0. The molecule has 3 nitrogen and oxygen atoms in total. The van der Waals surface area contributed by atoms with Crippen molar-refractivity contribution in [2.45, 2.75) is 44.4 Å². The SMILES string of the molecule is Cc1cc(C2CCC2)nc(C2CCNC2)n1. The number of nitrogens with one attached hydrogen (secondary N) is 1. The minimum Gasteiger partial charge on any atom is -0.316 e. The second-order valence-electron chi connectivity index (χ2n) is 5.11. The van der Waals surface area contributed by atoms with E-state index in [1.807, 2.05) is 0 Å². The van der Waals surface area contributed by atoms with Crippen molar-refractivity contribution < 1.29 is 0 Å². The van der Waals surface area contributed by atoms with Gasteiger partial charge >= 0.3 is 0 Å². The third kappa shape index (κ3) is 1.84. The van der Waals surface area contributed by atoms with Crippen LogP contribution in [0.15, 0.2) is 6.07 Å². The van der Waals surface area contributed by atoms with Gasteiger partial charge in [-0.15, -0.1) is 0 Å². The molecule has 86 valence electrons. The van der Waals surface area contributed by atoms with Crippen molar-refractivity contribution in [2.24, 2.45) is 0 Å². The molecule has 0 amide bonds. The van der Waals surface area contributed by atoms with Crippen molar-refractivity contribution in [1.82, 2.24) is 15.3 Å². The summed E-state index contributed by atoms with van der Waals surface area (Å²) in [5.74, 6) is 2.33. The molecule has 0 spiro atoms. The number of rotatable bonds is 2. The fourth-order valence-corrected chi connectivity index (χ4v) is 2.59. The molecule has 3 heteroatoms. The first-order chi connectivity index (χ1) is 7.83. The Morgan fingerprint density at radius 3 is 2.69 bits per heavy atom. The van der Waals surface area contributed by atoms with Crippen LogP contribution in [0.4, 0.5) is 0 Å². The first-order valence-corrected chi connectivity index (χ1v) is 6.39. The smallest absolute Gasteiger partial charge is 0.133 e. The molecule has 0 aromatic carbocycles. The Bertz CT molecular complexity index is 379. The molecule has 1 aromatic heterocycles. The van der Waals surface area contributed by atoms with Crippen LogP contribution >= 0.6 is 0 Å². The van der Waals surface area contributed by atoms with Crippen LogP contribution in [0, 0.1) is 6.92 Å². The highest BCUT2D eigenvalue weighted by Gasteiger charge is 2.24. The Morgan fingerprint density at radius 2 is 2.06 bits per heavy atom. The van der Waals surface area contributed by atoms with E-state index in [2.05, 4.69) is 23.3 Å². The van der Waals surface area contributed by atoms with Gasteiger partial charge in [0.1, 0.15) is 5.82 Å². The van der Waals surface area contributed by atoms with Crippen molar-refractivity contribution in [2.75, 3.05) is 13.1 Å². The van der Waals surface area contributed by atoms with Crippen LogP contribution in [0.1, 0.15) is 54.7 Å². The van der Waals surface area contributed by atoms with Crippen molar-refractivity contribution >= 4 is 0 Å². The Hall–Kier alpha value is -0.960. The average molecular weight is 217 g/mol. The Morgan fingerprint density at radius 1 is 1.19 bits per heavy atom. The molecule has 1 aliphatic carbocycles. The molecular formula is C13H19N3. The zero-order valence-electron chi connectivity index (χ0n) is 9.87. The van der Waals surface area contributed by atoms with Gasteiger partial charge in [-0.05, 0) is 38.8 Å². The third-order valence-electron chi connectivity index (χ3n) is 3.84. The number of aromatic nitrogens is 2. The molecule has 1 atom stereocenters. The van der Waals surface area contributed by atoms with Crippen molar-refractivity contribution in [3.63, 3.8) is 0 Å². The zero-order chi connectivity index (χ0) is 11.0. The molecule has 0 bridgehead atoms. The highest BCUT2D eigenvalue weighted by molar-refractivity contribution is 5.18. The highest BCUT2D eigenvalue weighted by Crippen LogP contribution is 2.36. The minimum atomic E-state index is 0.540. The normalized spacial score (nSPS) is 25.7. The summed E-state index contributed by atoms with van der Waals surface area (Å²) in [5.41, 5.74) is 2.43. The standard InChI is InChI=1S/C13H19N3/c1-9-7-12(10-3-2-4-10)16-13(15-9)11-5-6-14-8-11/h7,10-11,14H,2-6,8H2,1H3. The average Bonchev–Trinajstić information content (AvgIpc) is 2.66. The van der Waals surface area contributed by atoms with E-state index in [-0.39, 0.29) is 0 Å². The Balaban J connectivity index is 1.88. The number of aryl methyl sites for hydroxylation is 1. The summed E-state index contributed by atoms with van der Waals surface area (Å²) >= 11 is 0. The predicted molar refractivity (Wildman–Crippen MR) is 63.6 cm³/mol. The van der Waals surface area contributed by atoms with Crippen LogP contribution in [-0.4, -0.2) is 23.1 Å². The maximum atomic E-state index is 4.79. The van der Waals surface area contributed by atoms with E-state index in [4.69, 9.17) is 4.98 Å². The first kappa shape index (κ1) is 10.2. The first-order valence-electron chi connectivity index (χ1n) is 6.39. The second-order valence-corrected chi connectivity index (χ2v) is 5.11. The molecule has 1 saturated carbocycles. The van der Waals surface area contributed by atoms with Gasteiger partial charge in [-0.3, -0.25) is 0 Å². The molecule has 1 saturated heterocycles. The fourth-order valence-electron chi connectivity index (χ4n) is 2.59. The molecule has 3 rings (SSSR count). The van der Waals surface area contributed by atoms with Gasteiger partial charge < -0.3 is 5.32 Å². The molecule has 2 aliphatic rings. The minimum absolute atomic E-state index is 0.540. The van der Waals surface area contributed by atoms with E-state index in [1.165, 1.54) is 31.4 Å². The van der Waals surface area contributed by atoms with Crippen molar-refractivity contribution in [3.05, 3.63) is 23.3 Å². The molecule has 2 fully saturated rings. The lowest BCUT2D eigenvalue weighted by molar-refractivity contribution is 0.408. The van der Waals surface area contributed by atoms with Crippen LogP contribution in [0.3, 0.4) is 0 Å². The van der Waals surface area contributed by atoms with Gasteiger partial charge in [0.15, 0.2) is 0 Å². The topological polar surface area (TPSA) is 37.8 Å². The van der Waals surface area contributed by atoms with Crippen LogP contribution in [-0.2, 0) is 0 Å². The van der Waals surface area contributed by atoms with Crippen LogP contribution in [0.25, 0.3) is 0 Å². The quantitative estimate of drug-likeness (QED) is 0.824. The Labute approximate surface area is 96.7 Å².